The molecule has 0 bridgehead atoms. The summed E-state index contributed by atoms with van der Waals surface area (Å²) in [6.07, 6.45) is 1.88. The van der Waals surface area contributed by atoms with Crippen LogP contribution in [-0.4, -0.2) is 64.6 Å². The van der Waals surface area contributed by atoms with Crippen LogP contribution in [0.15, 0.2) is 63.2 Å². The number of esters is 1. The van der Waals surface area contributed by atoms with Crippen molar-refractivity contribution in [2.45, 2.75) is 37.3 Å². The largest absolute Gasteiger partial charge is 0.468 e. The number of hydrogen-bond acceptors (Lipinski definition) is 10. The van der Waals surface area contributed by atoms with E-state index in [1.165, 1.54) is 36.1 Å². The summed E-state index contributed by atoms with van der Waals surface area (Å²) in [5.41, 5.74) is -1.10. The number of aliphatic hydroxyl groups is 1. The van der Waals surface area contributed by atoms with Crippen LogP contribution in [-0.2, 0) is 23.4 Å². The van der Waals surface area contributed by atoms with E-state index in [4.69, 9.17) is 18.5 Å². The van der Waals surface area contributed by atoms with E-state index in [1.54, 1.807) is 18.2 Å². The Labute approximate surface area is 254 Å². The number of rotatable bonds is 13. The van der Waals surface area contributed by atoms with Crippen molar-refractivity contribution in [3.63, 3.8) is 0 Å². The Kier molecular flexibility index (Phi) is 11.2. The molecule has 15 heteroatoms. The minimum Gasteiger partial charge on any atom is -0.468 e. The zero-order valence-electron chi connectivity index (χ0n) is 22.8. The molecule has 2 heterocycles. The molecule has 12 nitrogen and oxygen atoms in total. The van der Waals surface area contributed by atoms with Gasteiger partial charge in [0.2, 0.25) is 0 Å². The molecule has 1 aromatic heterocycles. The topological polar surface area (TPSA) is 158 Å². The molecule has 3 aromatic rings. The van der Waals surface area contributed by atoms with E-state index in [9.17, 15) is 24.1 Å². The first kappa shape index (κ1) is 32.2. The molecule has 4 rings (SSSR count). The van der Waals surface area contributed by atoms with Gasteiger partial charge in [0.15, 0.2) is 0 Å². The lowest BCUT2D eigenvalue weighted by atomic mass is 10.1. The van der Waals surface area contributed by atoms with E-state index < -0.39 is 56.0 Å². The number of aromatic amines is 1. The number of aromatic nitrogens is 2. The third kappa shape index (κ3) is 7.81. The van der Waals surface area contributed by atoms with Gasteiger partial charge in [-0.3, -0.25) is 23.7 Å². The summed E-state index contributed by atoms with van der Waals surface area (Å²) in [4.78, 5) is 40.8. The Bertz CT molecular complexity index is 1590. The van der Waals surface area contributed by atoms with E-state index >= 15 is 0 Å². The smallest absolute Gasteiger partial charge is 0.459 e. The van der Waals surface area contributed by atoms with Crippen molar-refractivity contribution in [1.29, 1.82) is 0 Å². The van der Waals surface area contributed by atoms with E-state index in [-0.39, 0.29) is 24.2 Å². The molecule has 0 spiro atoms. The first-order chi connectivity index (χ1) is 20.2. The number of hydrogen-bond donors (Lipinski definition) is 3. The van der Waals surface area contributed by atoms with Gasteiger partial charge in [0, 0.05) is 18.0 Å². The number of carbonyl (C=O) groups is 1. The van der Waals surface area contributed by atoms with Crippen LogP contribution < -0.4 is 20.9 Å². The van der Waals surface area contributed by atoms with Crippen LogP contribution in [0.2, 0.25) is 0 Å². The number of nitrogens with zero attached hydrogens (tertiary/aromatic N) is 1. The molecule has 0 saturated carbocycles. The van der Waals surface area contributed by atoms with Crippen molar-refractivity contribution in [3.8, 4) is 5.75 Å². The zero-order chi connectivity index (χ0) is 30.3. The number of carbonyl (C=O) groups excluding carboxylic acids is 1. The van der Waals surface area contributed by atoms with Crippen molar-refractivity contribution in [2.24, 2.45) is 0 Å². The molecular formula is C27H31BrN3O9PS. The Morgan fingerprint density at radius 3 is 2.81 bits per heavy atom. The molecule has 3 N–H and O–H groups in total. The Morgan fingerprint density at radius 1 is 1.31 bits per heavy atom. The highest BCUT2D eigenvalue weighted by atomic mass is 79.9. The van der Waals surface area contributed by atoms with E-state index in [0.717, 1.165) is 9.95 Å². The number of fused-ring (bicyclic) bond motifs is 1. The molecule has 226 valence electrons. The molecule has 42 heavy (non-hydrogen) atoms. The van der Waals surface area contributed by atoms with Crippen LogP contribution in [0.5, 0.6) is 5.75 Å². The van der Waals surface area contributed by atoms with Crippen molar-refractivity contribution in [1.82, 2.24) is 14.6 Å². The van der Waals surface area contributed by atoms with Gasteiger partial charge in [-0.25, -0.2) is 9.36 Å². The van der Waals surface area contributed by atoms with E-state index in [0.29, 0.717) is 11.1 Å². The highest BCUT2D eigenvalue weighted by Crippen LogP contribution is 2.48. The zero-order valence-corrected chi connectivity index (χ0v) is 26.1. The predicted octanol–water partition coefficient (Wildman–Crippen LogP) is 3.79. The average molecular weight is 685 g/mol. The van der Waals surface area contributed by atoms with Gasteiger partial charge in [0.1, 0.15) is 24.1 Å². The van der Waals surface area contributed by atoms with Gasteiger partial charge in [-0.1, -0.05) is 52.3 Å². The fraction of sp³-hybridized carbons (Fsp3) is 0.370. The molecule has 1 saturated heterocycles. The number of aliphatic hydroxyl groups excluding tert-OH is 1. The first-order valence-electron chi connectivity index (χ1n) is 12.9. The minimum absolute atomic E-state index is 0.00212. The molecule has 5 atom stereocenters. The second-order valence-corrected chi connectivity index (χ2v) is 12.5. The lowest BCUT2D eigenvalue weighted by Gasteiger charge is -2.26. The van der Waals surface area contributed by atoms with Crippen molar-refractivity contribution < 1.29 is 33.0 Å². The van der Waals surface area contributed by atoms with Gasteiger partial charge in [-0.15, -0.1) is 0 Å². The van der Waals surface area contributed by atoms with E-state index in [1.807, 2.05) is 30.5 Å². The van der Waals surface area contributed by atoms with Crippen LogP contribution in [0.25, 0.3) is 16.8 Å². The fourth-order valence-corrected chi connectivity index (χ4v) is 6.72. The van der Waals surface area contributed by atoms with Gasteiger partial charge in [-0.05, 0) is 40.9 Å². The number of H-pyrrole nitrogens is 1. The average Bonchev–Trinajstić information content (AvgIpc) is 3.35. The Morgan fingerprint density at radius 2 is 2.07 bits per heavy atom. The van der Waals surface area contributed by atoms with Gasteiger partial charge in [0.05, 0.1) is 25.4 Å². The second-order valence-electron chi connectivity index (χ2n) is 9.32. The number of methoxy groups -OCH3 is 1. The summed E-state index contributed by atoms with van der Waals surface area (Å²) in [7, 11) is -3.06. The molecule has 1 unspecified atom stereocenters. The van der Waals surface area contributed by atoms with Crippen LogP contribution >= 0.6 is 35.4 Å². The molecule has 0 radical (unpaired) electrons. The lowest BCUT2D eigenvalue weighted by molar-refractivity contribution is -0.142. The lowest BCUT2D eigenvalue weighted by Crippen LogP contribution is -2.38. The first-order valence-corrected chi connectivity index (χ1v) is 16.8. The normalized spacial score (nSPS) is 20.9. The van der Waals surface area contributed by atoms with E-state index in [2.05, 4.69) is 26.0 Å². The Balaban J connectivity index is 1.58. The van der Waals surface area contributed by atoms with Crippen LogP contribution in [0.1, 0.15) is 24.6 Å². The van der Waals surface area contributed by atoms with Crippen molar-refractivity contribution in [2.75, 3.05) is 25.7 Å². The molecule has 0 aliphatic carbocycles. The molecular weight excluding hydrogens is 653 g/mol. The minimum atomic E-state index is -4.29. The van der Waals surface area contributed by atoms with Gasteiger partial charge in [0.25, 0.3) is 5.56 Å². The number of ether oxygens (including phenoxy) is 2. The molecule has 0 amide bonds. The summed E-state index contributed by atoms with van der Waals surface area (Å²) in [5.74, 6) is 0.181. The number of benzene rings is 2. The fourth-order valence-electron chi connectivity index (χ4n) is 4.41. The second kappa shape index (κ2) is 14.6. The maximum Gasteiger partial charge on any atom is 0.459 e. The molecule has 1 aliphatic rings. The van der Waals surface area contributed by atoms with Gasteiger partial charge < -0.3 is 19.1 Å². The number of thioether (sulfide) groups is 1. The monoisotopic (exact) mass is 683 g/mol. The summed E-state index contributed by atoms with van der Waals surface area (Å²) < 4.78 is 38.0. The molecule has 1 aliphatic heterocycles. The maximum atomic E-state index is 14.2. The van der Waals surface area contributed by atoms with Crippen LogP contribution in [0.4, 0.5) is 0 Å². The standard InChI is InChI=1S/C27H31BrN3O9PS/c1-37-26(34)20(11-13-42-2)30-41(36,40-22-9-5-7-17-6-3-4-8-19(17)22)38-16-23-21(32)14-24(39-23)31-15-18(10-12-28)25(33)29-27(31)35/h3-10,12,15,20-21,23-24,32H,11,13-14,16H2,1-2H3,(H,30,36)(H,29,33,35)/b12-10+/t20-,21-,23+,24+,41?/m0/s1. The van der Waals surface area contributed by atoms with Crippen LogP contribution in [0, 0.1) is 0 Å². The summed E-state index contributed by atoms with van der Waals surface area (Å²) in [5, 5.41) is 15.0. The summed E-state index contributed by atoms with van der Waals surface area (Å²) in [6, 6.07) is 11.6. The van der Waals surface area contributed by atoms with Gasteiger partial charge >= 0.3 is 19.4 Å². The third-order valence-corrected chi connectivity index (χ3v) is 9.00. The van der Waals surface area contributed by atoms with Crippen LogP contribution in [0.3, 0.4) is 0 Å². The molecule has 1 fully saturated rings. The summed E-state index contributed by atoms with van der Waals surface area (Å²) >= 11 is 4.60. The summed E-state index contributed by atoms with van der Waals surface area (Å²) in [6.45, 7) is -0.407. The SMILES string of the molecule is COC(=O)[C@H](CCSC)NP(=O)(OC[C@H]1O[C@@H](n2cc(/C=C/Br)c(=O)[nH]c2=O)C[C@@H]1O)Oc1cccc2ccccc12. The quantitative estimate of drug-likeness (QED) is 0.178. The highest BCUT2D eigenvalue weighted by molar-refractivity contribution is 9.11. The van der Waals surface area contributed by atoms with Crippen molar-refractivity contribution in [3.05, 3.63) is 80.0 Å². The number of halogens is 1. The third-order valence-electron chi connectivity index (χ3n) is 6.54. The molecule has 2 aromatic carbocycles. The van der Waals surface area contributed by atoms with Gasteiger partial charge in [-0.2, -0.15) is 16.8 Å². The highest BCUT2D eigenvalue weighted by Gasteiger charge is 2.40. The predicted molar refractivity (Wildman–Crippen MR) is 164 cm³/mol. The van der Waals surface area contributed by atoms with Crippen molar-refractivity contribution >= 4 is 58.3 Å². The Hall–Kier alpha value is -2.71. The maximum absolute atomic E-state index is 14.2. The number of nitrogens with one attached hydrogen (secondary N) is 2.